The molecule has 0 unspecified atom stereocenters. The summed E-state index contributed by atoms with van der Waals surface area (Å²) in [6.07, 6.45) is 3.72. The minimum absolute atomic E-state index is 0.104. The van der Waals surface area contributed by atoms with Gasteiger partial charge in [-0.2, -0.15) is 4.31 Å². The first kappa shape index (κ1) is 20.4. The van der Waals surface area contributed by atoms with E-state index in [1.807, 2.05) is 0 Å². The van der Waals surface area contributed by atoms with Crippen LogP contribution >= 0.6 is 11.3 Å². The number of rotatable bonds is 5. The number of amides is 1. The SMILES string of the molecule is Cc1sc(C(=O)Nc2cccc(S(=O)(=O)N3CCCCCC3)c2)cc1[N+](=O)[O-]. The van der Waals surface area contributed by atoms with Crippen molar-refractivity contribution in [2.45, 2.75) is 37.5 Å². The largest absolute Gasteiger partial charge is 0.321 e. The van der Waals surface area contributed by atoms with Crippen LogP contribution in [-0.4, -0.2) is 36.6 Å². The second-order valence-electron chi connectivity index (χ2n) is 6.61. The maximum absolute atomic E-state index is 12.9. The van der Waals surface area contributed by atoms with Crippen LogP contribution in [0.1, 0.15) is 40.2 Å². The van der Waals surface area contributed by atoms with Crippen LogP contribution in [0.2, 0.25) is 0 Å². The van der Waals surface area contributed by atoms with Crippen molar-refractivity contribution < 1.29 is 18.1 Å². The molecule has 1 aromatic carbocycles. The highest BCUT2D eigenvalue weighted by Gasteiger charge is 2.26. The number of carbonyl (C=O) groups excluding carboxylic acids is 1. The highest BCUT2D eigenvalue weighted by Crippen LogP contribution is 2.29. The third-order valence-corrected chi connectivity index (χ3v) is 7.54. The van der Waals surface area contributed by atoms with Crippen molar-refractivity contribution >= 4 is 38.6 Å². The molecule has 1 aromatic heterocycles. The minimum Gasteiger partial charge on any atom is -0.321 e. The van der Waals surface area contributed by atoms with Gasteiger partial charge >= 0.3 is 0 Å². The molecule has 0 bridgehead atoms. The Morgan fingerprint density at radius 2 is 1.86 bits per heavy atom. The van der Waals surface area contributed by atoms with Gasteiger partial charge in [-0.15, -0.1) is 11.3 Å². The Labute approximate surface area is 167 Å². The normalized spacial score (nSPS) is 15.8. The topological polar surface area (TPSA) is 110 Å². The van der Waals surface area contributed by atoms with Crippen LogP contribution in [0.3, 0.4) is 0 Å². The van der Waals surface area contributed by atoms with Gasteiger partial charge in [-0.25, -0.2) is 8.42 Å². The van der Waals surface area contributed by atoms with E-state index in [2.05, 4.69) is 5.32 Å². The molecular formula is C18H21N3O5S2. The zero-order valence-electron chi connectivity index (χ0n) is 15.4. The Morgan fingerprint density at radius 3 is 2.46 bits per heavy atom. The summed E-state index contributed by atoms with van der Waals surface area (Å²) in [6.45, 7) is 2.57. The lowest BCUT2D eigenvalue weighted by atomic mass is 10.2. The van der Waals surface area contributed by atoms with Gasteiger partial charge in [0.05, 0.1) is 19.6 Å². The van der Waals surface area contributed by atoms with Gasteiger partial charge in [-0.3, -0.25) is 14.9 Å². The summed E-state index contributed by atoms with van der Waals surface area (Å²) in [6, 6.07) is 7.33. The van der Waals surface area contributed by atoms with Gasteiger partial charge < -0.3 is 5.32 Å². The molecule has 0 spiro atoms. The molecule has 0 atom stereocenters. The van der Waals surface area contributed by atoms with Gasteiger partial charge in [0.1, 0.15) is 0 Å². The lowest BCUT2D eigenvalue weighted by Crippen LogP contribution is -2.32. The average molecular weight is 424 g/mol. The predicted molar refractivity (Wildman–Crippen MR) is 107 cm³/mol. The lowest BCUT2D eigenvalue weighted by Gasteiger charge is -2.20. The maximum Gasteiger partial charge on any atom is 0.283 e. The number of sulfonamides is 1. The molecule has 0 saturated carbocycles. The molecule has 8 nitrogen and oxygen atoms in total. The predicted octanol–water partition coefficient (Wildman–Crippen LogP) is 3.78. The van der Waals surface area contributed by atoms with Crippen LogP contribution in [0.5, 0.6) is 0 Å². The van der Waals surface area contributed by atoms with E-state index in [4.69, 9.17) is 0 Å². The first-order valence-corrected chi connectivity index (χ1v) is 11.2. The van der Waals surface area contributed by atoms with Gasteiger partial charge in [0.15, 0.2) is 0 Å². The van der Waals surface area contributed by atoms with E-state index in [1.165, 1.54) is 22.5 Å². The van der Waals surface area contributed by atoms with E-state index >= 15 is 0 Å². The van der Waals surface area contributed by atoms with E-state index < -0.39 is 20.9 Å². The molecular weight excluding hydrogens is 402 g/mol. The molecule has 150 valence electrons. The van der Waals surface area contributed by atoms with Gasteiger partial charge in [-0.05, 0) is 38.0 Å². The third kappa shape index (κ3) is 4.40. The second kappa shape index (κ2) is 8.38. The van der Waals surface area contributed by atoms with Crippen LogP contribution in [0, 0.1) is 17.0 Å². The van der Waals surface area contributed by atoms with Crippen molar-refractivity contribution in [3.05, 3.63) is 50.2 Å². The Hall–Kier alpha value is -2.30. The number of thiophene rings is 1. The number of anilines is 1. The van der Waals surface area contributed by atoms with Crippen molar-refractivity contribution in [3.63, 3.8) is 0 Å². The average Bonchev–Trinajstić information content (AvgIpc) is 2.86. The maximum atomic E-state index is 12.9. The number of benzene rings is 1. The fourth-order valence-corrected chi connectivity index (χ4v) is 5.57. The van der Waals surface area contributed by atoms with Crippen molar-refractivity contribution in [1.82, 2.24) is 4.31 Å². The zero-order chi connectivity index (χ0) is 20.3. The van der Waals surface area contributed by atoms with Gasteiger partial charge in [0, 0.05) is 24.8 Å². The molecule has 0 radical (unpaired) electrons. The smallest absolute Gasteiger partial charge is 0.283 e. The number of hydrogen-bond donors (Lipinski definition) is 1. The van der Waals surface area contributed by atoms with Crippen LogP contribution < -0.4 is 5.32 Å². The number of hydrogen-bond acceptors (Lipinski definition) is 6. The summed E-state index contributed by atoms with van der Waals surface area (Å²) < 4.78 is 27.3. The molecule has 1 fully saturated rings. The Balaban J connectivity index is 1.80. The Bertz CT molecular complexity index is 992. The molecule has 0 aliphatic carbocycles. The lowest BCUT2D eigenvalue weighted by molar-refractivity contribution is -0.385. The fraction of sp³-hybridized carbons (Fsp3) is 0.389. The summed E-state index contributed by atoms with van der Waals surface area (Å²) in [4.78, 5) is 23.6. The molecule has 1 amide bonds. The molecule has 10 heteroatoms. The minimum atomic E-state index is -3.63. The van der Waals surface area contributed by atoms with Crippen molar-refractivity contribution in [1.29, 1.82) is 0 Å². The monoisotopic (exact) mass is 423 g/mol. The molecule has 1 saturated heterocycles. The Morgan fingerprint density at radius 1 is 1.18 bits per heavy atom. The third-order valence-electron chi connectivity index (χ3n) is 4.61. The number of nitrogens with zero attached hydrogens (tertiary/aromatic N) is 2. The standard InChI is InChI=1S/C18H21N3O5S2/c1-13-16(21(23)24)12-17(27-13)18(22)19-14-7-6-8-15(11-14)28(25,26)20-9-4-2-3-5-10-20/h6-8,11-12H,2-5,9-10H2,1H3,(H,19,22). The molecule has 2 heterocycles. The van der Waals surface area contributed by atoms with E-state index in [0.29, 0.717) is 23.7 Å². The molecule has 3 rings (SSSR count). The molecule has 1 aliphatic heterocycles. The summed E-state index contributed by atoms with van der Waals surface area (Å²) in [5.74, 6) is -0.509. The van der Waals surface area contributed by atoms with Crippen LogP contribution in [0.15, 0.2) is 35.2 Å². The molecule has 2 aromatic rings. The van der Waals surface area contributed by atoms with E-state index in [9.17, 15) is 23.3 Å². The summed E-state index contributed by atoms with van der Waals surface area (Å²) in [5, 5.41) is 13.6. The van der Waals surface area contributed by atoms with E-state index in [1.54, 1.807) is 19.1 Å². The van der Waals surface area contributed by atoms with E-state index in [-0.39, 0.29) is 15.5 Å². The number of nitro groups is 1. The van der Waals surface area contributed by atoms with Gasteiger partial charge in [0.25, 0.3) is 11.6 Å². The Kier molecular flexibility index (Phi) is 6.11. The summed E-state index contributed by atoms with van der Waals surface area (Å²) in [7, 11) is -3.63. The molecule has 1 aliphatic rings. The number of nitrogens with one attached hydrogen (secondary N) is 1. The number of carbonyl (C=O) groups is 1. The van der Waals surface area contributed by atoms with Gasteiger partial charge in [-0.1, -0.05) is 18.9 Å². The van der Waals surface area contributed by atoms with E-state index in [0.717, 1.165) is 37.0 Å². The summed E-state index contributed by atoms with van der Waals surface area (Å²) in [5.41, 5.74) is 0.224. The van der Waals surface area contributed by atoms with Crippen molar-refractivity contribution in [3.8, 4) is 0 Å². The van der Waals surface area contributed by atoms with Crippen molar-refractivity contribution in [2.75, 3.05) is 18.4 Å². The van der Waals surface area contributed by atoms with Crippen LogP contribution in [-0.2, 0) is 10.0 Å². The second-order valence-corrected chi connectivity index (χ2v) is 9.80. The zero-order valence-corrected chi connectivity index (χ0v) is 17.0. The quantitative estimate of drug-likeness (QED) is 0.581. The first-order valence-electron chi connectivity index (χ1n) is 8.95. The fourth-order valence-electron chi connectivity index (χ4n) is 3.12. The first-order chi connectivity index (χ1) is 13.3. The van der Waals surface area contributed by atoms with Gasteiger partial charge in [0.2, 0.25) is 10.0 Å². The highest BCUT2D eigenvalue weighted by atomic mass is 32.2. The van der Waals surface area contributed by atoms with Crippen LogP contribution in [0.25, 0.3) is 0 Å². The molecule has 28 heavy (non-hydrogen) atoms. The molecule has 1 N–H and O–H groups in total. The summed E-state index contributed by atoms with van der Waals surface area (Å²) >= 11 is 1.02. The van der Waals surface area contributed by atoms with Crippen molar-refractivity contribution in [2.24, 2.45) is 0 Å². The van der Waals surface area contributed by atoms with Crippen LogP contribution in [0.4, 0.5) is 11.4 Å². The highest BCUT2D eigenvalue weighted by molar-refractivity contribution is 7.89. The number of aryl methyl sites for hydroxylation is 1.